The summed E-state index contributed by atoms with van der Waals surface area (Å²) in [4.78, 5) is 12.7. The summed E-state index contributed by atoms with van der Waals surface area (Å²) < 4.78 is 17.3. The molecule has 3 aromatic heterocycles. The van der Waals surface area contributed by atoms with Crippen molar-refractivity contribution in [3.8, 4) is 0 Å². The molecular weight excluding hydrogens is 596 g/mol. The summed E-state index contributed by atoms with van der Waals surface area (Å²) in [5, 5.41) is 2.08. The maximum absolute atomic E-state index is 12.7. The van der Waals surface area contributed by atoms with Gasteiger partial charge in [0.05, 0.1) is 5.57 Å². The smallest absolute Gasteiger partial charge is 0.244 e. The standard InChI is InChI=1S/C30H22BrN2O3.BrH/c31-24-11-9-21(10-12-24)26(34)19-33-16-15-32(20-33)14-13-25(29-17-22-5-1-3-7-27(22)35-29)30-18-23-6-2-4-8-28(23)36-30;/h1-13,15-18,20H,14,19H2;1H/q+1;/p-1. The molecule has 6 aromatic rings. The molecule has 0 spiro atoms. The Hall–Kier alpha value is -3.68. The van der Waals surface area contributed by atoms with E-state index in [-0.39, 0.29) is 29.3 Å². The Morgan fingerprint density at radius 3 is 2.05 bits per heavy atom. The first-order valence-electron chi connectivity index (χ1n) is 11.6. The van der Waals surface area contributed by atoms with Gasteiger partial charge in [-0.1, -0.05) is 64.5 Å². The first kappa shape index (κ1) is 25.0. The van der Waals surface area contributed by atoms with Gasteiger partial charge in [0.2, 0.25) is 12.1 Å². The Labute approximate surface area is 232 Å². The zero-order chi connectivity index (χ0) is 24.5. The second-order valence-corrected chi connectivity index (χ2v) is 9.54. The van der Waals surface area contributed by atoms with Gasteiger partial charge in [-0.25, -0.2) is 9.13 Å². The molecule has 0 saturated heterocycles. The number of para-hydroxylation sites is 2. The molecule has 6 rings (SSSR count). The molecule has 37 heavy (non-hydrogen) atoms. The van der Waals surface area contributed by atoms with E-state index in [2.05, 4.69) is 22.0 Å². The number of halogens is 2. The van der Waals surface area contributed by atoms with Crippen LogP contribution in [-0.4, -0.2) is 10.4 Å². The second kappa shape index (κ2) is 10.7. The highest BCUT2D eigenvalue weighted by molar-refractivity contribution is 9.10. The fourth-order valence-electron chi connectivity index (χ4n) is 4.28. The molecule has 0 aliphatic carbocycles. The van der Waals surface area contributed by atoms with E-state index >= 15 is 0 Å². The molecule has 0 fully saturated rings. The van der Waals surface area contributed by atoms with Crippen molar-refractivity contribution in [2.24, 2.45) is 0 Å². The Kier molecular flexibility index (Phi) is 7.26. The highest BCUT2D eigenvalue weighted by atomic mass is 79.9. The number of imidazole rings is 1. The molecule has 0 saturated carbocycles. The molecule has 0 N–H and O–H groups in total. The van der Waals surface area contributed by atoms with Crippen molar-refractivity contribution in [2.75, 3.05) is 0 Å². The SMILES string of the molecule is O=C(C[n+]1ccn(CC=C(c2cc3ccccc3o2)c2cc3ccccc3o2)c1)c1ccc(Br)cc1.[Br-]. The molecule has 0 aliphatic rings. The number of allylic oxidation sites excluding steroid dienone is 1. The number of ketones is 1. The number of benzene rings is 3. The van der Waals surface area contributed by atoms with E-state index in [1.54, 1.807) is 0 Å². The molecule has 5 nitrogen and oxygen atoms in total. The Balaban J connectivity index is 0.00000280. The maximum atomic E-state index is 12.7. The zero-order valence-electron chi connectivity index (χ0n) is 19.7. The zero-order valence-corrected chi connectivity index (χ0v) is 22.9. The quantitative estimate of drug-likeness (QED) is 0.201. The van der Waals surface area contributed by atoms with Gasteiger partial charge in [-0.15, -0.1) is 0 Å². The van der Waals surface area contributed by atoms with Crippen LogP contribution in [-0.2, 0) is 13.1 Å². The summed E-state index contributed by atoms with van der Waals surface area (Å²) >= 11 is 3.41. The van der Waals surface area contributed by atoms with E-state index in [9.17, 15) is 4.79 Å². The van der Waals surface area contributed by atoms with E-state index in [1.165, 1.54) is 0 Å². The summed E-state index contributed by atoms with van der Waals surface area (Å²) in [5.41, 5.74) is 3.24. The summed E-state index contributed by atoms with van der Waals surface area (Å²) in [7, 11) is 0. The number of fused-ring (bicyclic) bond motifs is 2. The molecule has 0 aliphatic heterocycles. The first-order valence-corrected chi connectivity index (χ1v) is 12.4. The minimum Gasteiger partial charge on any atom is -1.00 e. The minimum absolute atomic E-state index is 0. The lowest BCUT2D eigenvalue weighted by atomic mass is 10.1. The predicted octanol–water partition coefficient (Wildman–Crippen LogP) is 4.05. The van der Waals surface area contributed by atoms with E-state index in [1.807, 2.05) is 113 Å². The van der Waals surface area contributed by atoms with Crippen LogP contribution in [0.5, 0.6) is 0 Å². The number of furan rings is 2. The van der Waals surface area contributed by atoms with Crippen LogP contribution >= 0.6 is 15.9 Å². The third-order valence-electron chi connectivity index (χ3n) is 6.13. The molecule has 0 radical (unpaired) electrons. The number of rotatable bonds is 7. The number of hydrogen-bond acceptors (Lipinski definition) is 3. The highest BCUT2D eigenvalue weighted by Crippen LogP contribution is 2.32. The molecule has 184 valence electrons. The molecule has 0 atom stereocenters. The fourth-order valence-corrected chi connectivity index (χ4v) is 4.55. The van der Waals surface area contributed by atoms with E-state index < -0.39 is 0 Å². The van der Waals surface area contributed by atoms with Gasteiger partial charge in [0.1, 0.15) is 41.6 Å². The van der Waals surface area contributed by atoms with Gasteiger partial charge in [0, 0.05) is 20.8 Å². The van der Waals surface area contributed by atoms with Gasteiger partial charge in [-0.3, -0.25) is 4.79 Å². The molecule has 0 unspecified atom stereocenters. The number of carbonyl (C=O) groups excluding carboxylic acids is 1. The lowest BCUT2D eigenvalue weighted by Crippen LogP contribution is -3.00. The molecule has 0 amide bonds. The van der Waals surface area contributed by atoms with Crippen LogP contribution < -0.4 is 21.5 Å². The normalized spacial score (nSPS) is 10.9. The molecule has 7 heteroatoms. The topological polar surface area (TPSA) is 52.2 Å². The number of aromatic nitrogens is 2. The highest BCUT2D eigenvalue weighted by Gasteiger charge is 2.17. The third kappa shape index (κ3) is 5.38. The van der Waals surface area contributed by atoms with Gasteiger partial charge < -0.3 is 25.8 Å². The summed E-state index contributed by atoms with van der Waals surface area (Å²) in [6.07, 6.45) is 7.89. The molecule has 3 aromatic carbocycles. The van der Waals surface area contributed by atoms with Crippen LogP contribution in [0.2, 0.25) is 0 Å². The van der Waals surface area contributed by atoms with Crippen molar-refractivity contribution in [3.63, 3.8) is 0 Å². The van der Waals surface area contributed by atoms with Crippen LogP contribution in [0.3, 0.4) is 0 Å². The first-order chi connectivity index (χ1) is 17.6. The van der Waals surface area contributed by atoms with Crippen LogP contribution in [0.4, 0.5) is 0 Å². The molecule has 0 bridgehead atoms. The van der Waals surface area contributed by atoms with Crippen LogP contribution in [0, 0.1) is 0 Å². The number of hydrogen-bond donors (Lipinski definition) is 0. The van der Waals surface area contributed by atoms with E-state index in [0.29, 0.717) is 12.1 Å². The predicted molar refractivity (Wildman–Crippen MR) is 143 cm³/mol. The maximum Gasteiger partial charge on any atom is 0.244 e. The average Bonchev–Trinajstić information content (AvgIpc) is 3.62. The Morgan fingerprint density at radius 1 is 0.865 bits per heavy atom. The average molecular weight is 618 g/mol. The summed E-state index contributed by atoms with van der Waals surface area (Å²) in [6, 6.07) is 27.5. The minimum atomic E-state index is 0. The largest absolute Gasteiger partial charge is 1.00 e. The van der Waals surface area contributed by atoms with E-state index in [4.69, 9.17) is 8.83 Å². The molecular formula is C30H22Br2N2O3. The lowest BCUT2D eigenvalue weighted by molar-refractivity contribution is -0.682. The van der Waals surface area contributed by atoms with Crippen molar-refractivity contribution in [3.05, 3.63) is 131 Å². The monoisotopic (exact) mass is 616 g/mol. The van der Waals surface area contributed by atoms with Gasteiger partial charge in [0.25, 0.3) is 0 Å². The van der Waals surface area contributed by atoms with Crippen molar-refractivity contribution in [2.45, 2.75) is 13.1 Å². The van der Waals surface area contributed by atoms with Gasteiger partial charge >= 0.3 is 0 Å². The van der Waals surface area contributed by atoms with Crippen molar-refractivity contribution >= 4 is 49.2 Å². The van der Waals surface area contributed by atoms with Crippen molar-refractivity contribution in [1.29, 1.82) is 0 Å². The van der Waals surface area contributed by atoms with Crippen LogP contribution in [0.25, 0.3) is 27.5 Å². The third-order valence-corrected chi connectivity index (χ3v) is 6.66. The second-order valence-electron chi connectivity index (χ2n) is 8.63. The fraction of sp³-hybridized carbons (Fsp3) is 0.0667. The van der Waals surface area contributed by atoms with E-state index in [0.717, 1.165) is 43.5 Å². The molecule has 3 heterocycles. The van der Waals surface area contributed by atoms with Crippen molar-refractivity contribution < 1.29 is 35.2 Å². The van der Waals surface area contributed by atoms with Crippen molar-refractivity contribution in [1.82, 2.24) is 4.57 Å². The number of Topliss-reactive ketones (excluding diaryl/α,β-unsaturated/α-hetero) is 1. The lowest BCUT2D eigenvalue weighted by Gasteiger charge is -2.01. The van der Waals surface area contributed by atoms with Gasteiger partial charge in [-0.2, -0.15) is 0 Å². The van der Waals surface area contributed by atoms with Gasteiger partial charge in [-0.05, 0) is 42.5 Å². The van der Waals surface area contributed by atoms with Gasteiger partial charge in [0.15, 0.2) is 6.54 Å². The number of carbonyl (C=O) groups is 1. The summed E-state index contributed by atoms with van der Waals surface area (Å²) in [6.45, 7) is 0.862. The Bertz CT molecular complexity index is 1580. The number of nitrogens with zero attached hydrogens (tertiary/aromatic N) is 2. The van der Waals surface area contributed by atoms with Crippen LogP contribution in [0.15, 0.2) is 123 Å². The Morgan fingerprint density at radius 2 is 1.46 bits per heavy atom. The van der Waals surface area contributed by atoms with Crippen LogP contribution in [0.1, 0.15) is 21.9 Å². The summed E-state index contributed by atoms with van der Waals surface area (Å²) in [5.74, 6) is 1.56.